The highest BCUT2D eigenvalue weighted by atomic mass is 19.4. The molecule has 0 aromatic carbocycles. The quantitative estimate of drug-likeness (QED) is 0.737. The van der Waals surface area contributed by atoms with Crippen molar-refractivity contribution in [2.24, 2.45) is 5.41 Å². The maximum atomic E-state index is 11.8. The first-order chi connectivity index (χ1) is 7.97. The fraction of sp³-hybridized carbons (Fsp3) is 1.00. The molecular formula is C12H21F3O2. The molecule has 0 aromatic rings. The molecule has 1 aliphatic carbocycles. The molecule has 0 radical (unpaired) electrons. The van der Waals surface area contributed by atoms with Gasteiger partial charge in [-0.1, -0.05) is 19.3 Å². The number of hydrogen-bond donors (Lipinski definition) is 1. The molecule has 0 unspecified atom stereocenters. The lowest BCUT2D eigenvalue weighted by molar-refractivity contribution is -0.174. The maximum Gasteiger partial charge on any atom is 0.411 e. The first-order valence-corrected chi connectivity index (χ1v) is 6.23. The third-order valence-corrected chi connectivity index (χ3v) is 3.51. The highest BCUT2D eigenvalue weighted by Crippen LogP contribution is 2.39. The van der Waals surface area contributed by atoms with Crippen LogP contribution in [-0.2, 0) is 4.74 Å². The molecule has 0 heterocycles. The van der Waals surface area contributed by atoms with Crippen molar-refractivity contribution < 1.29 is 23.0 Å². The Hall–Kier alpha value is -0.290. The van der Waals surface area contributed by atoms with E-state index in [2.05, 4.69) is 4.74 Å². The van der Waals surface area contributed by atoms with Crippen molar-refractivity contribution in [1.82, 2.24) is 0 Å². The molecule has 17 heavy (non-hydrogen) atoms. The fourth-order valence-electron chi connectivity index (χ4n) is 2.53. The van der Waals surface area contributed by atoms with Gasteiger partial charge in [0.15, 0.2) is 0 Å². The Labute approximate surface area is 100 Å². The van der Waals surface area contributed by atoms with Crippen LogP contribution in [-0.4, -0.2) is 31.1 Å². The summed E-state index contributed by atoms with van der Waals surface area (Å²) in [6.45, 7) is -0.896. The van der Waals surface area contributed by atoms with E-state index in [1.165, 1.54) is 6.42 Å². The molecule has 1 fully saturated rings. The molecule has 0 aromatic heterocycles. The summed E-state index contributed by atoms with van der Waals surface area (Å²) in [5.74, 6) is 0. The second-order valence-electron chi connectivity index (χ2n) is 4.99. The summed E-state index contributed by atoms with van der Waals surface area (Å²) in [4.78, 5) is 0. The largest absolute Gasteiger partial charge is 0.411 e. The lowest BCUT2D eigenvalue weighted by Crippen LogP contribution is -2.28. The lowest BCUT2D eigenvalue weighted by Gasteiger charge is -2.35. The number of aliphatic hydroxyl groups is 1. The van der Waals surface area contributed by atoms with Crippen LogP contribution in [0.1, 0.15) is 44.9 Å². The summed E-state index contributed by atoms with van der Waals surface area (Å²) in [7, 11) is 0. The number of rotatable bonds is 6. The van der Waals surface area contributed by atoms with Crippen LogP contribution < -0.4 is 0 Å². The first kappa shape index (κ1) is 14.8. The van der Waals surface area contributed by atoms with Gasteiger partial charge in [-0.15, -0.1) is 0 Å². The van der Waals surface area contributed by atoms with Gasteiger partial charge in [-0.25, -0.2) is 0 Å². The minimum absolute atomic E-state index is 0.0557. The minimum Gasteiger partial charge on any atom is -0.396 e. The number of alkyl halides is 3. The van der Waals surface area contributed by atoms with Crippen LogP contribution in [0.4, 0.5) is 13.2 Å². The molecule has 0 atom stereocenters. The first-order valence-electron chi connectivity index (χ1n) is 6.23. The zero-order valence-electron chi connectivity index (χ0n) is 10.1. The molecule has 2 nitrogen and oxygen atoms in total. The fourth-order valence-corrected chi connectivity index (χ4v) is 2.53. The Bertz CT molecular complexity index is 210. The summed E-state index contributed by atoms with van der Waals surface area (Å²) >= 11 is 0. The van der Waals surface area contributed by atoms with Gasteiger partial charge in [0.05, 0.1) is 0 Å². The molecule has 102 valence electrons. The summed E-state index contributed by atoms with van der Waals surface area (Å²) < 4.78 is 40.0. The lowest BCUT2D eigenvalue weighted by atomic mass is 9.72. The normalized spacial score (nSPS) is 20.5. The molecule has 1 saturated carbocycles. The van der Waals surface area contributed by atoms with E-state index in [-0.39, 0.29) is 18.6 Å². The Morgan fingerprint density at radius 3 is 2.29 bits per heavy atom. The molecule has 0 saturated heterocycles. The predicted octanol–water partition coefficient (Wildman–Crippen LogP) is 3.29. The number of hydrogen-bond acceptors (Lipinski definition) is 2. The number of halogens is 3. The van der Waals surface area contributed by atoms with Gasteiger partial charge in [0, 0.05) is 13.2 Å². The van der Waals surface area contributed by atoms with E-state index in [4.69, 9.17) is 0 Å². The number of aliphatic hydroxyl groups excluding tert-OH is 1. The van der Waals surface area contributed by atoms with E-state index in [0.29, 0.717) is 6.42 Å². The maximum absolute atomic E-state index is 11.8. The highest BCUT2D eigenvalue weighted by molar-refractivity contribution is 4.82. The van der Waals surface area contributed by atoms with Crippen LogP contribution in [0.2, 0.25) is 0 Å². The van der Waals surface area contributed by atoms with E-state index < -0.39 is 12.8 Å². The Morgan fingerprint density at radius 2 is 1.76 bits per heavy atom. The van der Waals surface area contributed by atoms with Crippen LogP contribution in [0.25, 0.3) is 0 Å². The second kappa shape index (κ2) is 6.59. The van der Waals surface area contributed by atoms with Gasteiger partial charge in [-0.3, -0.25) is 0 Å². The molecule has 5 heteroatoms. The Kier molecular flexibility index (Phi) is 5.73. The molecule has 0 bridgehead atoms. The van der Waals surface area contributed by atoms with Crippen molar-refractivity contribution in [2.75, 3.05) is 19.8 Å². The molecule has 1 N–H and O–H groups in total. The van der Waals surface area contributed by atoms with Crippen molar-refractivity contribution in [3.63, 3.8) is 0 Å². The van der Waals surface area contributed by atoms with Crippen LogP contribution >= 0.6 is 0 Å². The van der Waals surface area contributed by atoms with Gasteiger partial charge in [-0.05, 0) is 31.1 Å². The molecule has 0 aliphatic heterocycles. The molecule has 0 amide bonds. The van der Waals surface area contributed by atoms with Gasteiger partial charge in [0.25, 0.3) is 0 Å². The van der Waals surface area contributed by atoms with Crippen molar-refractivity contribution in [2.45, 2.75) is 51.1 Å². The predicted molar refractivity (Wildman–Crippen MR) is 58.7 cm³/mol. The van der Waals surface area contributed by atoms with Gasteiger partial charge in [-0.2, -0.15) is 13.2 Å². The Morgan fingerprint density at radius 1 is 1.12 bits per heavy atom. The summed E-state index contributed by atoms with van der Waals surface area (Å²) in [5.41, 5.74) is -0.0557. The SMILES string of the molecule is OCC1(CCCOCC(F)(F)F)CCCCC1. The molecule has 0 spiro atoms. The van der Waals surface area contributed by atoms with Gasteiger partial charge in [0.1, 0.15) is 6.61 Å². The summed E-state index contributed by atoms with van der Waals surface area (Å²) in [5, 5.41) is 9.41. The minimum atomic E-state index is -4.24. The average molecular weight is 254 g/mol. The summed E-state index contributed by atoms with van der Waals surface area (Å²) in [6, 6.07) is 0. The van der Waals surface area contributed by atoms with E-state index in [1.807, 2.05) is 0 Å². The highest BCUT2D eigenvalue weighted by Gasteiger charge is 2.31. The molecule has 1 rings (SSSR count). The molecule has 1 aliphatic rings. The van der Waals surface area contributed by atoms with Crippen LogP contribution in [0.5, 0.6) is 0 Å². The number of ether oxygens (including phenoxy) is 1. The molecular weight excluding hydrogens is 233 g/mol. The monoisotopic (exact) mass is 254 g/mol. The van der Waals surface area contributed by atoms with Gasteiger partial charge < -0.3 is 9.84 Å². The zero-order valence-corrected chi connectivity index (χ0v) is 10.1. The van der Waals surface area contributed by atoms with E-state index in [1.54, 1.807) is 0 Å². The van der Waals surface area contributed by atoms with Crippen LogP contribution in [0.3, 0.4) is 0 Å². The van der Waals surface area contributed by atoms with Crippen molar-refractivity contribution >= 4 is 0 Å². The van der Waals surface area contributed by atoms with Crippen LogP contribution in [0, 0.1) is 5.41 Å². The van der Waals surface area contributed by atoms with Crippen molar-refractivity contribution in [1.29, 1.82) is 0 Å². The van der Waals surface area contributed by atoms with Crippen LogP contribution in [0.15, 0.2) is 0 Å². The second-order valence-corrected chi connectivity index (χ2v) is 4.99. The average Bonchev–Trinajstić information content (AvgIpc) is 2.28. The topological polar surface area (TPSA) is 29.5 Å². The Balaban J connectivity index is 2.15. The van der Waals surface area contributed by atoms with E-state index >= 15 is 0 Å². The standard InChI is InChI=1S/C12H21F3O2/c13-12(14,15)10-17-8-4-7-11(9-16)5-2-1-3-6-11/h16H,1-10H2. The van der Waals surface area contributed by atoms with Gasteiger partial charge in [0.2, 0.25) is 0 Å². The van der Waals surface area contributed by atoms with Gasteiger partial charge >= 0.3 is 6.18 Å². The smallest absolute Gasteiger partial charge is 0.396 e. The zero-order chi connectivity index (χ0) is 12.8. The van der Waals surface area contributed by atoms with E-state index in [9.17, 15) is 18.3 Å². The third kappa shape index (κ3) is 5.73. The van der Waals surface area contributed by atoms with Crippen molar-refractivity contribution in [3.05, 3.63) is 0 Å². The summed E-state index contributed by atoms with van der Waals surface area (Å²) in [6.07, 6.45) is 2.53. The van der Waals surface area contributed by atoms with E-state index in [0.717, 1.165) is 32.1 Å². The third-order valence-electron chi connectivity index (χ3n) is 3.51. The van der Waals surface area contributed by atoms with Crippen molar-refractivity contribution in [3.8, 4) is 0 Å².